The number of nitrogens with zero attached hydrogens (tertiary/aromatic N) is 3. The van der Waals surface area contributed by atoms with Gasteiger partial charge >= 0.3 is 0 Å². The number of unbranched alkanes of at least 4 members (excludes halogenated alkanes) is 2. The standard InChI is InChI=1S/C20H33BrN4O.HI/c1-17(18-7-9-19(21)10-8-18)24-12-14-25(15-13-24)20(22-2)23-11-5-4-6-16-26-3;/h7-10,17H,4-6,11-16H2,1-3H3,(H,22,23);1H. The number of benzene rings is 1. The Hall–Kier alpha value is -0.380. The number of piperazine rings is 1. The number of rotatable bonds is 8. The van der Waals surface area contributed by atoms with E-state index in [2.05, 4.69) is 67.2 Å². The first-order valence-corrected chi connectivity index (χ1v) is 10.4. The Morgan fingerprint density at radius 1 is 1.15 bits per heavy atom. The molecule has 1 aliphatic rings. The molecule has 1 unspecified atom stereocenters. The van der Waals surface area contributed by atoms with Crippen LogP contribution in [0.1, 0.15) is 37.8 Å². The Kier molecular flexibility index (Phi) is 12.5. The summed E-state index contributed by atoms with van der Waals surface area (Å²) in [6, 6.07) is 9.12. The monoisotopic (exact) mass is 552 g/mol. The molecule has 0 saturated carbocycles. The van der Waals surface area contributed by atoms with E-state index in [0.29, 0.717) is 6.04 Å². The maximum Gasteiger partial charge on any atom is 0.193 e. The van der Waals surface area contributed by atoms with E-state index in [-0.39, 0.29) is 24.0 Å². The summed E-state index contributed by atoms with van der Waals surface area (Å²) >= 11 is 3.51. The molecule has 27 heavy (non-hydrogen) atoms. The lowest BCUT2D eigenvalue weighted by molar-refractivity contribution is 0.138. The molecule has 0 aliphatic carbocycles. The largest absolute Gasteiger partial charge is 0.385 e. The van der Waals surface area contributed by atoms with Crippen LogP contribution in [0.5, 0.6) is 0 Å². The van der Waals surface area contributed by atoms with Crippen molar-refractivity contribution in [2.75, 3.05) is 53.5 Å². The maximum absolute atomic E-state index is 5.09. The van der Waals surface area contributed by atoms with Gasteiger partial charge in [-0.25, -0.2) is 0 Å². The molecule has 0 bridgehead atoms. The fraction of sp³-hybridized carbons (Fsp3) is 0.650. The zero-order valence-corrected chi connectivity index (χ0v) is 20.7. The highest BCUT2D eigenvalue weighted by Gasteiger charge is 2.23. The maximum atomic E-state index is 5.09. The Morgan fingerprint density at radius 2 is 1.81 bits per heavy atom. The Bertz CT molecular complexity index is 547. The summed E-state index contributed by atoms with van der Waals surface area (Å²) in [7, 11) is 3.64. The number of nitrogens with one attached hydrogen (secondary N) is 1. The normalized spacial score (nSPS) is 16.7. The van der Waals surface area contributed by atoms with Crippen LogP contribution in [0.15, 0.2) is 33.7 Å². The van der Waals surface area contributed by atoms with Crippen molar-refractivity contribution in [2.24, 2.45) is 4.99 Å². The molecule has 1 aliphatic heterocycles. The molecule has 154 valence electrons. The molecule has 0 aromatic heterocycles. The molecule has 1 heterocycles. The van der Waals surface area contributed by atoms with Crippen LogP contribution in [0.2, 0.25) is 0 Å². The fourth-order valence-corrected chi connectivity index (χ4v) is 3.62. The van der Waals surface area contributed by atoms with E-state index in [1.54, 1.807) is 7.11 Å². The quantitative estimate of drug-likeness (QED) is 0.228. The first kappa shape index (κ1) is 24.7. The Balaban J connectivity index is 0.00000364. The van der Waals surface area contributed by atoms with E-state index in [1.165, 1.54) is 12.0 Å². The van der Waals surface area contributed by atoms with Crippen LogP contribution >= 0.6 is 39.9 Å². The third kappa shape index (κ3) is 8.25. The highest BCUT2D eigenvalue weighted by atomic mass is 127. The summed E-state index contributed by atoms with van der Waals surface area (Å²) in [6.45, 7) is 8.29. The van der Waals surface area contributed by atoms with Gasteiger partial charge in [0, 0.05) is 64.0 Å². The SMILES string of the molecule is CN=C(NCCCCCOC)N1CCN(C(C)c2ccc(Br)cc2)CC1.I. The smallest absolute Gasteiger partial charge is 0.193 e. The lowest BCUT2D eigenvalue weighted by Gasteiger charge is -2.39. The molecule has 1 fully saturated rings. The summed E-state index contributed by atoms with van der Waals surface area (Å²) in [4.78, 5) is 9.39. The van der Waals surface area contributed by atoms with Crippen LogP contribution in [0.3, 0.4) is 0 Å². The molecule has 1 aromatic carbocycles. The van der Waals surface area contributed by atoms with E-state index in [1.807, 2.05) is 7.05 Å². The fourth-order valence-electron chi connectivity index (χ4n) is 3.35. The zero-order valence-electron chi connectivity index (χ0n) is 16.8. The lowest BCUT2D eigenvalue weighted by Crippen LogP contribution is -2.52. The number of guanidine groups is 1. The van der Waals surface area contributed by atoms with Crippen molar-refractivity contribution < 1.29 is 4.74 Å². The van der Waals surface area contributed by atoms with E-state index in [4.69, 9.17) is 4.74 Å². The molecule has 1 aromatic rings. The number of aliphatic imine (C=N–C) groups is 1. The van der Waals surface area contributed by atoms with E-state index < -0.39 is 0 Å². The van der Waals surface area contributed by atoms with Gasteiger partial charge < -0.3 is 15.0 Å². The second-order valence-electron chi connectivity index (χ2n) is 6.78. The van der Waals surface area contributed by atoms with Gasteiger partial charge in [-0.05, 0) is 43.9 Å². The third-order valence-electron chi connectivity index (χ3n) is 5.03. The van der Waals surface area contributed by atoms with Gasteiger partial charge in [-0.15, -0.1) is 24.0 Å². The molecule has 1 N–H and O–H groups in total. The molecule has 2 rings (SSSR count). The van der Waals surface area contributed by atoms with Crippen LogP contribution in [0.25, 0.3) is 0 Å². The minimum atomic E-state index is 0. The van der Waals surface area contributed by atoms with Gasteiger partial charge in [-0.1, -0.05) is 28.1 Å². The first-order chi connectivity index (χ1) is 12.7. The second-order valence-corrected chi connectivity index (χ2v) is 7.69. The van der Waals surface area contributed by atoms with E-state index in [0.717, 1.165) is 62.6 Å². The Labute approximate surface area is 190 Å². The number of hydrogen-bond donors (Lipinski definition) is 1. The van der Waals surface area contributed by atoms with Crippen LogP contribution in [0, 0.1) is 0 Å². The molecular weight excluding hydrogens is 519 g/mol. The predicted molar refractivity (Wildman–Crippen MR) is 128 cm³/mol. The third-order valence-corrected chi connectivity index (χ3v) is 5.56. The van der Waals surface area contributed by atoms with E-state index >= 15 is 0 Å². The van der Waals surface area contributed by atoms with Crippen molar-refractivity contribution in [3.05, 3.63) is 34.3 Å². The van der Waals surface area contributed by atoms with Crippen molar-refractivity contribution in [3.8, 4) is 0 Å². The van der Waals surface area contributed by atoms with Gasteiger partial charge in [0.25, 0.3) is 0 Å². The van der Waals surface area contributed by atoms with Gasteiger partial charge in [0.15, 0.2) is 5.96 Å². The molecule has 7 heteroatoms. The van der Waals surface area contributed by atoms with Gasteiger partial charge in [0.05, 0.1) is 0 Å². The number of hydrogen-bond acceptors (Lipinski definition) is 3. The molecule has 5 nitrogen and oxygen atoms in total. The topological polar surface area (TPSA) is 40.1 Å². The zero-order chi connectivity index (χ0) is 18.8. The number of ether oxygens (including phenoxy) is 1. The lowest BCUT2D eigenvalue weighted by atomic mass is 10.1. The summed E-state index contributed by atoms with van der Waals surface area (Å²) in [5.41, 5.74) is 1.38. The van der Waals surface area contributed by atoms with Gasteiger partial charge in [-0.2, -0.15) is 0 Å². The highest BCUT2D eigenvalue weighted by molar-refractivity contribution is 14.0. The van der Waals surface area contributed by atoms with E-state index in [9.17, 15) is 0 Å². The van der Waals surface area contributed by atoms with Gasteiger partial charge in [-0.3, -0.25) is 9.89 Å². The molecular formula is C20H34BrIN4O. The van der Waals surface area contributed by atoms with Crippen LogP contribution in [-0.2, 0) is 4.74 Å². The van der Waals surface area contributed by atoms with Crippen LogP contribution in [-0.4, -0.2) is 69.2 Å². The van der Waals surface area contributed by atoms with Gasteiger partial charge in [0.1, 0.15) is 0 Å². The first-order valence-electron chi connectivity index (χ1n) is 9.59. The van der Waals surface area contributed by atoms with Crippen LogP contribution < -0.4 is 5.32 Å². The predicted octanol–water partition coefficient (Wildman–Crippen LogP) is 4.14. The van der Waals surface area contributed by atoms with Crippen molar-refractivity contribution in [2.45, 2.75) is 32.2 Å². The average Bonchev–Trinajstić information content (AvgIpc) is 2.68. The number of methoxy groups -OCH3 is 1. The molecule has 0 radical (unpaired) electrons. The molecule has 0 spiro atoms. The highest BCUT2D eigenvalue weighted by Crippen LogP contribution is 2.23. The number of halogens is 2. The summed E-state index contributed by atoms with van der Waals surface area (Å²) in [5, 5.41) is 3.51. The van der Waals surface area contributed by atoms with Crippen molar-refractivity contribution in [1.29, 1.82) is 0 Å². The second kappa shape index (κ2) is 13.7. The van der Waals surface area contributed by atoms with Crippen molar-refractivity contribution >= 4 is 45.9 Å². The minimum Gasteiger partial charge on any atom is -0.385 e. The average molecular weight is 553 g/mol. The van der Waals surface area contributed by atoms with Crippen molar-refractivity contribution in [1.82, 2.24) is 15.1 Å². The Morgan fingerprint density at radius 3 is 2.41 bits per heavy atom. The molecule has 1 atom stereocenters. The summed E-state index contributed by atoms with van der Waals surface area (Å²) in [6.07, 6.45) is 3.47. The van der Waals surface area contributed by atoms with Gasteiger partial charge in [0.2, 0.25) is 0 Å². The van der Waals surface area contributed by atoms with Crippen LogP contribution in [0.4, 0.5) is 0 Å². The summed E-state index contributed by atoms with van der Waals surface area (Å²) < 4.78 is 6.23. The molecule has 1 saturated heterocycles. The molecule has 0 amide bonds. The summed E-state index contributed by atoms with van der Waals surface area (Å²) in [5.74, 6) is 1.03. The minimum absolute atomic E-state index is 0. The van der Waals surface area contributed by atoms with Crippen molar-refractivity contribution in [3.63, 3.8) is 0 Å².